The summed E-state index contributed by atoms with van der Waals surface area (Å²) in [5, 5.41) is 3.21. The van der Waals surface area contributed by atoms with Gasteiger partial charge in [-0.25, -0.2) is 9.97 Å². The Hall–Kier alpha value is -2.92. The van der Waals surface area contributed by atoms with Crippen molar-refractivity contribution < 1.29 is 9.53 Å². The normalized spacial score (nSPS) is 10.3. The second-order valence-electron chi connectivity index (χ2n) is 5.31. The highest BCUT2D eigenvalue weighted by Gasteiger charge is 2.07. The van der Waals surface area contributed by atoms with Crippen molar-refractivity contribution in [3.05, 3.63) is 66.5 Å². The van der Waals surface area contributed by atoms with Crippen LogP contribution < -0.4 is 10.1 Å². The smallest absolute Gasteiger partial charge is 0.326 e. The number of rotatable bonds is 5. The number of anilines is 2. The topological polar surface area (TPSA) is 64.1 Å². The molecule has 0 fully saturated rings. The van der Waals surface area contributed by atoms with Gasteiger partial charge in [-0.3, -0.25) is 4.79 Å². The molecule has 1 N–H and O–H groups in total. The summed E-state index contributed by atoms with van der Waals surface area (Å²) in [7, 11) is 0. The molecule has 0 amide bonds. The van der Waals surface area contributed by atoms with Gasteiger partial charge in [0.25, 0.3) is 0 Å². The van der Waals surface area contributed by atoms with E-state index in [9.17, 15) is 4.79 Å². The number of halogens is 1. The van der Waals surface area contributed by atoms with Crippen molar-refractivity contribution in [2.45, 2.75) is 6.92 Å². The number of nitrogens with zero attached hydrogens (tertiary/aromatic N) is 2. The summed E-state index contributed by atoms with van der Waals surface area (Å²) in [6, 6.07) is 18.8. The lowest BCUT2D eigenvalue weighted by Gasteiger charge is -2.10. The fourth-order valence-electron chi connectivity index (χ4n) is 2.33. The number of ether oxygens (including phenoxy) is 1. The van der Waals surface area contributed by atoms with Crippen molar-refractivity contribution in [2.24, 2.45) is 0 Å². The van der Waals surface area contributed by atoms with Gasteiger partial charge in [0.1, 0.15) is 23.3 Å². The molecule has 0 unspecified atom stereocenters. The van der Waals surface area contributed by atoms with Gasteiger partial charge in [-0.05, 0) is 19.1 Å². The van der Waals surface area contributed by atoms with Gasteiger partial charge < -0.3 is 10.1 Å². The Bertz CT molecular complexity index is 885. The van der Waals surface area contributed by atoms with Crippen molar-refractivity contribution in [2.75, 3.05) is 11.2 Å². The zero-order valence-electron chi connectivity index (χ0n) is 13.6. The van der Waals surface area contributed by atoms with E-state index in [1.165, 1.54) is 0 Å². The fraction of sp³-hybridized carbons (Fsp3) is 0.105. The molecule has 1 aromatic heterocycles. The van der Waals surface area contributed by atoms with Gasteiger partial charge >= 0.3 is 5.97 Å². The van der Waals surface area contributed by atoms with Crippen LogP contribution in [0.5, 0.6) is 5.75 Å². The highest BCUT2D eigenvalue weighted by atomic mass is 35.5. The Morgan fingerprint density at radius 2 is 1.88 bits per heavy atom. The molecule has 1 heterocycles. The second kappa shape index (κ2) is 7.77. The Morgan fingerprint density at radius 1 is 1.08 bits per heavy atom. The molecule has 0 spiro atoms. The van der Waals surface area contributed by atoms with Crippen molar-refractivity contribution in [1.29, 1.82) is 0 Å². The van der Waals surface area contributed by atoms with Crippen molar-refractivity contribution >= 4 is 29.1 Å². The van der Waals surface area contributed by atoms with Crippen LogP contribution in [0.3, 0.4) is 0 Å². The SMILES string of the molecule is Cc1nc(Nc2cccc(OC(=O)CCl)c2)cc(-c2ccccc2)n1. The Labute approximate surface area is 150 Å². The van der Waals surface area contributed by atoms with Crippen LogP contribution in [-0.2, 0) is 4.79 Å². The third-order valence-electron chi connectivity index (χ3n) is 3.35. The minimum absolute atomic E-state index is 0.191. The van der Waals surface area contributed by atoms with Crippen LogP contribution in [-0.4, -0.2) is 21.8 Å². The van der Waals surface area contributed by atoms with E-state index in [4.69, 9.17) is 16.3 Å². The Morgan fingerprint density at radius 3 is 2.64 bits per heavy atom. The Balaban J connectivity index is 1.85. The molecule has 0 radical (unpaired) electrons. The molecule has 0 aliphatic heterocycles. The highest BCUT2D eigenvalue weighted by molar-refractivity contribution is 6.26. The molecule has 5 nitrogen and oxygen atoms in total. The van der Waals surface area contributed by atoms with E-state index in [0.29, 0.717) is 17.4 Å². The molecule has 2 aromatic carbocycles. The van der Waals surface area contributed by atoms with E-state index in [0.717, 1.165) is 16.9 Å². The van der Waals surface area contributed by atoms with Crippen molar-refractivity contribution in [1.82, 2.24) is 9.97 Å². The first-order valence-corrected chi connectivity index (χ1v) is 8.22. The van der Waals surface area contributed by atoms with Crippen molar-refractivity contribution in [3.63, 3.8) is 0 Å². The monoisotopic (exact) mass is 353 g/mol. The molecule has 0 aliphatic carbocycles. The van der Waals surface area contributed by atoms with Gasteiger partial charge in [-0.1, -0.05) is 36.4 Å². The summed E-state index contributed by atoms with van der Waals surface area (Å²) in [5.74, 6) is 1.05. The Kier molecular flexibility index (Phi) is 5.26. The number of aromatic nitrogens is 2. The van der Waals surface area contributed by atoms with Crippen LogP contribution in [0.25, 0.3) is 11.3 Å². The van der Waals surface area contributed by atoms with Crippen LogP contribution >= 0.6 is 11.6 Å². The molecular formula is C19H16ClN3O2. The number of carbonyl (C=O) groups excluding carboxylic acids is 1. The molecular weight excluding hydrogens is 338 g/mol. The van der Waals surface area contributed by atoms with Crippen LogP contribution in [0.2, 0.25) is 0 Å². The average molecular weight is 354 g/mol. The zero-order valence-corrected chi connectivity index (χ0v) is 14.3. The summed E-state index contributed by atoms with van der Waals surface area (Å²) >= 11 is 5.46. The van der Waals surface area contributed by atoms with E-state index in [-0.39, 0.29) is 5.88 Å². The van der Waals surface area contributed by atoms with Gasteiger partial charge in [-0.15, -0.1) is 11.6 Å². The molecule has 0 atom stereocenters. The van der Waals surface area contributed by atoms with Gasteiger partial charge in [0.05, 0.1) is 5.69 Å². The van der Waals surface area contributed by atoms with Crippen LogP contribution in [0.1, 0.15) is 5.82 Å². The second-order valence-corrected chi connectivity index (χ2v) is 5.58. The van der Waals surface area contributed by atoms with E-state index in [1.807, 2.05) is 49.4 Å². The first kappa shape index (κ1) is 16.9. The van der Waals surface area contributed by atoms with E-state index in [2.05, 4.69) is 15.3 Å². The molecule has 0 aliphatic rings. The number of carbonyl (C=O) groups is 1. The third kappa shape index (κ3) is 4.55. The highest BCUT2D eigenvalue weighted by Crippen LogP contribution is 2.24. The molecule has 126 valence electrons. The summed E-state index contributed by atoms with van der Waals surface area (Å²) < 4.78 is 5.12. The van der Waals surface area contributed by atoms with Crippen LogP contribution in [0, 0.1) is 6.92 Å². The van der Waals surface area contributed by atoms with E-state index >= 15 is 0 Å². The van der Waals surface area contributed by atoms with Gasteiger partial charge in [0.2, 0.25) is 0 Å². The summed E-state index contributed by atoms with van der Waals surface area (Å²) in [5.41, 5.74) is 2.60. The number of hydrogen-bond acceptors (Lipinski definition) is 5. The molecule has 3 rings (SSSR count). The zero-order chi connectivity index (χ0) is 17.6. The number of alkyl halides is 1. The maximum atomic E-state index is 11.3. The number of esters is 1. The molecule has 0 saturated heterocycles. The molecule has 0 saturated carbocycles. The molecule has 6 heteroatoms. The quantitative estimate of drug-likeness (QED) is 0.420. The maximum absolute atomic E-state index is 11.3. The lowest BCUT2D eigenvalue weighted by molar-refractivity contribution is -0.131. The standard InChI is InChI=1S/C19H16ClN3O2/c1-13-21-17(14-6-3-2-4-7-14)11-18(22-13)23-15-8-5-9-16(10-15)25-19(24)12-20/h2-11H,12H2,1H3,(H,21,22,23). The number of benzene rings is 2. The predicted octanol–water partition coefficient (Wildman–Crippen LogP) is 4.34. The van der Waals surface area contributed by atoms with Crippen LogP contribution in [0.4, 0.5) is 11.5 Å². The minimum atomic E-state index is -0.497. The summed E-state index contributed by atoms with van der Waals surface area (Å²) in [4.78, 5) is 20.2. The predicted molar refractivity (Wildman–Crippen MR) is 98.3 cm³/mol. The largest absolute Gasteiger partial charge is 0.426 e. The molecule has 0 bridgehead atoms. The molecule has 25 heavy (non-hydrogen) atoms. The van der Waals surface area contributed by atoms with E-state index in [1.54, 1.807) is 18.2 Å². The first-order valence-electron chi connectivity index (χ1n) is 7.69. The minimum Gasteiger partial charge on any atom is -0.426 e. The first-order chi connectivity index (χ1) is 12.1. The third-order valence-corrected chi connectivity index (χ3v) is 3.57. The van der Waals surface area contributed by atoms with Gasteiger partial charge in [-0.2, -0.15) is 0 Å². The van der Waals surface area contributed by atoms with E-state index < -0.39 is 5.97 Å². The summed E-state index contributed by atoms with van der Waals surface area (Å²) in [6.45, 7) is 1.84. The van der Waals surface area contributed by atoms with Gasteiger partial charge in [0.15, 0.2) is 0 Å². The fourth-order valence-corrected chi connectivity index (χ4v) is 2.39. The maximum Gasteiger partial charge on any atom is 0.326 e. The number of aryl methyl sites for hydroxylation is 1. The number of hydrogen-bond donors (Lipinski definition) is 1. The summed E-state index contributed by atoms with van der Waals surface area (Å²) in [6.07, 6.45) is 0. The number of nitrogens with one attached hydrogen (secondary N) is 1. The van der Waals surface area contributed by atoms with Crippen molar-refractivity contribution in [3.8, 4) is 17.0 Å². The lowest BCUT2D eigenvalue weighted by Crippen LogP contribution is -2.09. The average Bonchev–Trinajstić information content (AvgIpc) is 2.62. The van der Waals surface area contributed by atoms with Gasteiger partial charge in [0, 0.05) is 23.4 Å². The van der Waals surface area contributed by atoms with Crippen LogP contribution in [0.15, 0.2) is 60.7 Å². The molecule has 3 aromatic rings. The lowest BCUT2D eigenvalue weighted by atomic mass is 10.1.